The number of aliphatic hydroxyl groups excluding tert-OH is 1. The van der Waals surface area contributed by atoms with Gasteiger partial charge < -0.3 is 5.11 Å². The Morgan fingerprint density at radius 2 is 2.16 bits per heavy atom. The second-order valence-electron chi connectivity index (χ2n) is 3.64. The fraction of sp³-hybridized carbons (Fsp3) is 0.200. The van der Waals surface area contributed by atoms with Crippen LogP contribution in [-0.4, -0.2) is 23.7 Å². The molecule has 0 spiro atoms. The van der Waals surface area contributed by atoms with Gasteiger partial charge in [0.15, 0.2) is 0 Å². The molecule has 1 aromatic heterocycles. The summed E-state index contributed by atoms with van der Waals surface area (Å²) >= 11 is 1.06. The quantitative estimate of drug-likeness (QED) is 0.887. The van der Waals surface area contributed by atoms with E-state index in [1.165, 1.54) is 6.07 Å². The molecule has 0 atom stereocenters. The monoisotopic (exact) mass is 303 g/mol. The molecular formula is C10H10FN3O3S2. The third kappa shape index (κ3) is 3.06. The summed E-state index contributed by atoms with van der Waals surface area (Å²) in [6.07, 6.45) is 0. The second kappa shape index (κ2) is 5.19. The number of nitrogens with one attached hydrogen (secondary N) is 1. The maximum atomic E-state index is 13.2. The van der Waals surface area contributed by atoms with Crippen LogP contribution in [0.5, 0.6) is 0 Å². The highest BCUT2D eigenvalue weighted by Gasteiger charge is 2.20. The Hall–Kier alpha value is -1.58. The van der Waals surface area contributed by atoms with E-state index in [0.29, 0.717) is 5.01 Å². The minimum atomic E-state index is -4.01. The van der Waals surface area contributed by atoms with Crippen LogP contribution in [0.3, 0.4) is 0 Å². The van der Waals surface area contributed by atoms with Gasteiger partial charge in [-0.3, -0.25) is 4.72 Å². The summed E-state index contributed by atoms with van der Waals surface area (Å²) in [5, 5.41) is 17.1. The lowest BCUT2D eigenvalue weighted by atomic mass is 10.2. The lowest BCUT2D eigenvalue weighted by molar-refractivity contribution is 0.278. The van der Waals surface area contributed by atoms with Gasteiger partial charge in [-0.1, -0.05) is 17.4 Å². The molecule has 102 valence electrons. The van der Waals surface area contributed by atoms with Crippen molar-refractivity contribution in [3.63, 3.8) is 0 Å². The predicted octanol–water partition coefficient (Wildman–Crippen LogP) is 1.28. The number of nitrogens with zero attached hydrogens (tertiary/aromatic N) is 2. The zero-order chi connectivity index (χ0) is 14.0. The number of sulfonamides is 1. The van der Waals surface area contributed by atoms with Crippen molar-refractivity contribution in [1.29, 1.82) is 0 Å². The molecule has 1 aromatic carbocycles. The number of anilines is 1. The van der Waals surface area contributed by atoms with Crippen LogP contribution in [0.2, 0.25) is 0 Å². The molecule has 0 saturated carbocycles. The fourth-order valence-electron chi connectivity index (χ4n) is 1.42. The molecule has 0 aliphatic carbocycles. The molecule has 0 aliphatic heterocycles. The molecule has 9 heteroatoms. The predicted molar refractivity (Wildman–Crippen MR) is 67.8 cm³/mol. The molecule has 2 N–H and O–H groups in total. The zero-order valence-electron chi connectivity index (χ0n) is 9.79. The first-order chi connectivity index (χ1) is 8.92. The van der Waals surface area contributed by atoms with Crippen LogP contribution in [0, 0.1) is 12.7 Å². The Bertz CT molecular complexity index is 700. The van der Waals surface area contributed by atoms with Crippen molar-refractivity contribution in [2.24, 2.45) is 0 Å². The van der Waals surface area contributed by atoms with Crippen LogP contribution in [0.4, 0.5) is 9.52 Å². The van der Waals surface area contributed by atoms with Crippen LogP contribution >= 0.6 is 11.3 Å². The van der Waals surface area contributed by atoms with E-state index in [9.17, 15) is 12.8 Å². The van der Waals surface area contributed by atoms with Gasteiger partial charge in [-0.25, -0.2) is 12.8 Å². The molecule has 0 amide bonds. The maximum Gasteiger partial charge on any atom is 0.264 e. The average molecular weight is 303 g/mol. The van der Waals surface area contributed by atoms with Gasteiger partial charge in [0, 0.05) is 0 Å². The number of hydrogen-bond donors (Lipinski definition) is 2. The molecule has 0 saturated heterocycles. The Morgan fingerprint density at radius 3 is 2.74 bits per heavy atom. The summed E-state index contributed by atoms with van der Waals surface area (Å²) in [5.41, 5.74) is 0.107. The highest BCUT2D eigenvalue weighted by molar-refractivity contribution is 7.93. The lowest BCUT2D eigenvalue weighted by Crippen LogP contribution is -2.15. The molecule has 2 rings (SSSR count). The van der Waals surface area contributed by atoms with Gasteiger partial charge in [-0.05, 0) is 24.6 Å². The third-order valence-electron chi connectivity index (χ3n) is 2.24. The molecular weight excluding hydrogens is 293 g/mol. The normalized spacial score (nSPS) is 11.5. The van der Waals surface area contributed by atoms with Crippen LogP contribution in [0.1, 0.15) is 10.6 Å². The van der Waals surface area contributed by atoms with Gasteiger partial charge in [-0.15, -0.1) is 10.2 Å². The summed E-state index contributed by atoms with van der Waals surface area (Å²) in [4.78, 5) is -0.317. The summed E-state index contributed by atoms with van der Waals surface area (Å²) in [5.74, 6) is -0.703. The van der Waals surface area contributed by atoms with Gasteiger partial charge in [0.1, 0.15) is 10.8 Å². The fourth-order valence-corrected chi connectivity index (χ4v) is 3.48. The Labute approximate surface area is 113 Å². The van der Waals surface area contributed by atoms with Crippen molar-refractivity contribution in [3.8, 4) is 0 Å². The van der Waals surface area contributed by atoms with Crippen LogP contribution in [0.25, 0.3) is 0 Å². The summed E-state index contributed by atoms with van der Waals surface area (Å²) in [6, 6.07) is 3.15. The number of aromatic nitrogens is 2. The Kier molecular flexibility index (Phi) is 3.78. The number of benzene rings is 1. The van der Waals surface area contributed by atoms with Gasteiger partial charge in [-0.2, -0.15) is 0 Å². The summed E-state index contributed by atoms with van der Waals surface area (Å²) < 4.78 is 39.5. The van der Waals surface area contributed by atoms with Crippen molar-refractivity contribution < 1.29 is 17.9 Å². The first kappa shape index (κ1) is 13.8. The van der Waals surface area contributed by atoms with Crippen molar-refractivity contribution >= 4 is 26.5 Å². The van der Waals surface area contributed by atoms with E-state index in [1.54, 1.807) is 6.92 Å². The number of halogens is 1. The maximum absolute atomic E-state index is 13.2. The van der Waals surface area contributed by atoms with Crippen molar-refractivity contribution in [2.75, 3.05) is 4.72 Å². The van der Waals surface area contributed by atoms with E-state index in [1.807, 2.05) is 0 Å². The third-order valence-corrected chi connectivity index (χ3v) is 4.54. The van der Waals surface area contributed by atoms with Gasteiger partial charge in [0.05, 0.1) is 11.5 Å². The Balaban J connectivity index is 2.41. The van der Waals surface area contributed by atoms with Gasteiger partial charge in [0.2, 0.25) is 5.13 Å². The average Bonchev–Trinajstić information content (AvgIpc) is 2.74. The topological polar surface area (TPSA) is 92.2 Å². The summed E-state index contributed by atoms with van der Waals surface area (Å²) in [6.45, 7) is 1.17. The van der Waals surface area contributed by atoms with E-state index in [0.717, 1.165) is 23.5 Å². The number of aliphatic hydroxyl groups is 1. The number of hydrogen-bond acceptors (Lipinski definition) is 6. The number of rotatable bonds is 4. The van der Waals surface area contributed by atoms with Crippen molar-refractivity contribution in [2.45, 2.75) is 18.4 Å². The molecule has 19 heavy (non-hydrogen) atoms. The smallest absolute Gasteiger partial charge is 0.264 e. The first-order valence-electron chi connectivity index (χ1n) is 5.14. The molecule has 1 heterocycles. The molecule has 0 bridgehead atoms. The molecule has 0 radical (unpaired) electrons. The molecule has 2 aromatic rings. The molecule has 0 fully saturated rings. The zero-order valence-corrected chi connectivity index (χ0v) is 11.4. The first-order valence-corrected chi connectivity index (χ1v) is 7.44. The van der Waals surface area contributed by atoms with E-state index in [-0.39, 0.29) is 15.6 Å². The van der Waals surface area contributed by atoms with Gasteiger partial charge in [0.25, 0.3) is 10.0 Å². The number of aryl methyl sites for hydroxylation is 1. The van der Waals surface area contributed by atoms with Crippen LogP contribution in [0.15, 0.2) is 23.1 Å². The molecule has 0 aliphatic rings. The van der Waals surface area contributed by atoms with E-state index < -0.39 is 22.4 Å². The minimum absolute atomic E-state index is 0.0886. The van der Waals surface area contributed by atoms with Gasteiger partial charge >= 0.3 is 0 Å². The van der Waals surface area contributed by atoms with Crippen molar-refractivity contribution in [3.05, 3.63) is 34.6 Å². The molecule has 6 nitrogen and oxygen atoms in total. The van der Waals surface area contributed by atoms with E-state index >= 15 is 0 Å². The Morgan fingerprint density at radius 1 is 1.42 bits per heavy atom. The largest absolute Gasteiger partial charge is 0.392 e. The SMILES string of the molecule is Cc1nnc(NS(=O)(=O)c2cc(F)ccc2CO)s1. The highest BCUT2D eigenvalue weighted by Crippen LogP contribution is 2.22. The standard InChI is InChI=1S/C10H10FN3O3S2/c1-6-12-13-10(18-6)14-19(16,17)9-4-8(11)3-2-7(9)5-15/h2-4,15H,5H2,1H3,(H,13,14). The van der Waals surface area contributed by atoms with Crippen LogP contribution in [-0.2, 0) is 16.6 Å². The second-order valence-corrected chi connectivity index (χ2v) is 6.47. The van der Waals surface area contributed by atoms with E-state index in [4.69, 9.17) is 5.11 Å². The minimum Gasteiger partial charge on any atom is -0.392 e. The highest BCUT2D eigenvalue weighted by atomic mass is 32.2. The van der Waals surface area contributed by atoms with E-state index in [2.05, 4.69) is 14.9 Å². The summed E-state index contributed by atoms with van der Waals surface area (Å²) in [7, 11) is -4.01. The lowest BCUT2D eigenvalue weighted by Gasteiger charge is -2.08. The van der Waals surface area contributed by atoms with Crippen LogP contribution < -0.4 is 4.72 Å². The molecule has 0 unspecified atom stereocenters. The van der Waals surface area contributed by atoms with Crippen molar-refractivity contribution in [1.82, 2.24) is 10.2 Å².